The van der Waals surface area contributed by atoms with Crippen LogP contribution in [0.4, 0.5) is 17.6 Å². The Bertz CT molecular complexity index is 1110. The van der Waals surface area contributed by atoms with Gasteiger partial charge in [0.05, 0.1) is 19.8 Å². The van der Waals surface area contributed by atoms with E-state index < -0.39 is 0 Å². The van der Waals surface area contributed by atoms with E-state index in [4.69, 9.17) is 15.2 Å². The van der Waals surface area contributed by atoms with Gasteiger partial charge in [-0.3, -0.25) is 4.90 Å². The van der Waals surface area contributed by atoms with Crippen molar-refractivity contribution in [2.75, 3.05) is 30.8 Å². The zero-order chi connectivity index (χ0) is 21.9. The third kappa shape index (κ3) is 4.45. The summed E-state index contributed by atoms with van der Waals surface area (Å²) in [6.07, 6.45) is 3.10. The molecule has 1 atom stereocenters. The van der Waals surface area contributed by atoms with Crippen molar-refractivity contribution < 1.29 is 9.47 Å². The zero-order valence-electron chi connectivity index (χ0n) is 18.3. The molecule has 0 radical (unpaired) electrons. The highest BCUT2D eigenvalue weighted by Gasteiger charge is 2.28. The van der Waals surface area contributed by atoms with Crippen LogP contribution in [0.25, 0.3) is 0 Å². The van der Waals surface area contributed by atoms with Crippen LogP contribution in [-0.2, 0) is 6.54 Å². The number of ether oxygens (including phenoxy) is 2. The summed E-state index contributed by atoms with van der Waals surface area (Å²) < 4.78 is 11.7. The molecule has 0 amide bonds. The Morgan fingerprint density at radius 2 is 1.88 bits per heavy atom. The van der Waals surface area contributed by atoms with Gasteiger partial charge in [-0.15, -0.1) is 0 Å². The topological polar surface area (TPSA) is 98.4 Å². The summed E-state index contributed by atoms with van der Waals surface area (Å²) >= 11 is 0. The lowest BCUT2D eigenvalue weighted by Crippen LogP contribution is -2.24. The number of hydrogen-bond acceptors (Lipinski definition) is 8. The van der Waals surface area contributed by atoms with E-state index in [9.17, 15) is 0 Å². The lowest BCUT2D eigenvalue weighted by molar-refractivity contribution is 0.241. The van der Waals surface area contributed by atoms with E-state index in [2.05, 4.69) is 37.3 Å². The molecule has 1 fully saturated rings. The smallest absolute Gasteiger partial charge is 0.232 e. The number of fused-ring (bicyclic) bond motifs is 1. The summed E-state index contributed by atoms with van der Waals surface area (Å²) in [4.78, 5) is 15.7. The molecule has 1 aromatic heterocycles. The van der Waals surface area contributed by atoms with Crippen LogP contribution >= 0.6 is 0 Å². The Labute approximate surface area is 187 Å². The summed E-state index contributed by atoms with van der Waals surface area (Å²) in [5.41, 5.74) is 9.31. The predicted molar refractivity (Wildman–Crippen MR) is 123 cm³/mol. The van der Waals surface area contributed by atoms with Gasteiger partial charge in [0.25, 0.3) is 0 Å². The number of nitrogens with two attached hydrogens (primary N) is 1. The minimum atomic E-state index is 0.220. The quantitative estimate of drug-likeness (QED) is 0.624. The second-order valence-electron chi connectivity index (χ2n) is 8.26. The van der Waals surface area contributed by atoms with E-state index >= 15 is 0 Å². The monoisotopic (exact) mass is 432 g/mol. The minimum absolute atomic E-state index is 0.220. The number of benzene rings is 2. The number of nitrogens with one attached hydrogen (secondary N) is 1. The van der Waals surface area contributed by atoms with E-state index in [1.165, 1.54) is 5.56 Å². The number of rotatable bonds is 5. The van der Waals surface area contributed by atoms with Crippen LogP contribution in [0.1, 0.15) is 42.3 Å². The molecule has 0 unspecified atom stereocenters. The summed E-state index contributed by atoms with van der Waals surface area (Å²) in [5.74, 6) is 3.01. The largest absolute Gasteiger partial charge is 0.490 e. The van der Waals surface area contributed by atoms with E-state index in [1.54, 1.807) is 0 Å². The SMILES string of the molecule is Cc1ccccc1Nc1nc(N)nc(CN2CCC[C@@H]2c2ccc3c(c2)OCCCO3)n1. The fraction of sp³-hybridized carbons (Fsp3) is 0.375. The van der Waals surface area contributed by atoms with Crippen molar-refractivity contribution in [1.29, 1.82) is 0 Å². The first-order chi connectivity index (χ1) is 15.7. The number of hydrogen-bond donors (Lipinski definition) is 2. The van der Waals surface area contributed by atoms with E-state index in [0.717, 1.165) is 48.6 Å². The first-order valence-corrected chi connectivity index (χ1v) is 11.1. The molecule has 0 aliphatic carbocycles. The predicted octanol–water partition coefficient (Wildman–Crippen LogP) is 4.00. The number of anilines is 3. The molecule has 2 aliphatic heterocycles. The number of aromatic nitrogens is 3. The Morgan fingerprint density at radius 1 is 1.03 bits per heavy atom. The van der Waals surface area contributed by atoms with Crippen LogP contribution in [0.2, 0.25) is 0 Å². The van der Waals surface area contributed by atoms with Gasteiger partial charge in [-0.2, -0.15) is 15.0 Å². The summed E-state index contributed by atoms with van der Waals surface area (Å²) in [7, 11) is 0. The second-order valence-corrected chi connectivity index (χ2v) is 8.26. The van der Waals surface area contributed by atoms with Crippen molar-refractivity contribution in [3.8, 4) is 11.5 Å². The molecule has 2 aromatic carbocycles. The van der Waals surface area contributed by atoms with Crippen LogP contribution in [0, 0.1) is 6.92 Å². The number of nitrogen functional groups attached to an aromatic ring is 1. The third-order valence-electron chi connectivity index (χ3n) is 5.96. The van der Waals surface area contributed by atoms with Crippen molar-refractivity contribution in [2.24, 2.45) is 0 Å². The molecule has 3 heterocycles. The highest BCUT2D eigenvalue weighted by atomic mass is 16.5. The molecule has 3 N–H and O–H groups in total. The highest BCUT2D eigenvalue weighted by Crippen LogP contribution is 2.38. The van der Waals surface area contributed by atoms with Gasteiger partial charge in [0.15, 0.2) is 11.5 Å². The van der Waals surface area contributed by atoms with Gasteiger partial charge in [-0.1, -0.05) is 24.3 Å². The van der Waals surface area contributed by atoms with Gasteiger partial charge < -0.3 is 20.5 Å². The lowest BCUT2D eigenvalue weighted by Gasteiger charge is -2.25. The van der Waals surface area contributed by atoms with Crippen LogP contribution in [0.3, 0.4) is 0 Å². The van der Waals surface area contributed by atoms with Gasteiger partial charge in [0.2, 0.25) is 11.9 Å². The molecule has 0 saturated carbocycles. The highest BCUT2D eigenvalue weighted by molar-refractivity contribution is 5.58. The van der Waals surface area contributed by atoms with Crippen LogP contribution < -0.4 is 20.5 Å². The Kier molecular flexibility index (Phi) is 5.77. The van der Waals surface area contributed by atoms with Crippen molar-refractivity contribution in [1.82, 2.24) is 19.9 Å². The standard InChI is InChI=1S/C24H28N6O2/c1-16-6-2-3-7-18(16)26-24-28-22(27-23(25)29-24)15-30-11-4-8-19(30)17-9-10-20-21(14-17)32-13-5-12-31-20/h2-3,6-7,9-10,14,19H,4-5,8,11-13,15H2,1H3,(H3,25,26,27,28,29)/t19-/m1/s1. The third-order valence-corrected chi connectivity index (χ3v) is 5.96. The fourth-order valence-corrected chi connectivity index (χ4v) is 4.36. The van der Waals surface area contributed by atoms with Crippen LogP contribution in [0.5, 0.6) is 11.5 Å². The molecule has 5 rings (SSSR count). The van der Waals surface area contributed by atoms with Gasteiger partial charge in [-0.05, 0) is 55.6 Å². The number of nitrogens with zero attached hydrogens (tertiary/aromatic N) is 4. The molecular weight excluding hydrogens is 404 g/mol. The Morgan fingerprint density at radius 3 is 2.75 bits per heavy atom. The molecule has 8 nitrogen and oxygen atoms in total. The fourth-order valence-electron chi connectivity index (χ4n) is 4.36. The van der Waals surface area contributed by atoms with Gasteiger partial charge >= 0.3 is 0 Å². The number of para-hydroxylation sites is 1. The van der Waals surface area contributed by atoms with Crippen molar-refractivity contribution >= 4 is 17.6 Å². The maximum Gasteiger partial charge on any atom is 0.232 e. The summed E-state index contributed by atoms with van der Waals surface area (Å²) in [6, 6.07) is 14.6. The average molecular weight is 433 g/mol. The molecule has 0 bridgehead atoms. The minimum Gasteiger partial charge on any atom is -0.490 e. The molecule has 1 saturated heterocycles. The van der Waals surface area contributed by atoms with E-state index in [1.807, 2.05) is 37.3 Å². The molecule has 3 aromatic rings. The van der Waals surface area contributed by atoms with Crippen LogP contribution in [0.15, 0.2) is 42.5 Å². The van der Waals surface area contributed by atoms with Gasteiger partial charge in [-0.25, -0.2) is 0 Å². The van der Waals surface area contributed by atoms with Gasteiger partial charge in [0, 0.05) is 18.2 Å². The molecule has 166 valence electrons. The number of aryl methyl sites for hydroxylation is 1. The normalized spacial score (nSPS) is 18.3. The number of likely N-dealkylation sites (tertiary alicyclic amines) is 1. The van der Waals surface area contributed by atoms with Crippen molar-refractivity contribution in [3.63, 3.8) is 0 Å². The average Bonchev–Trinajstić information content (AvgIpc) is 3.10. The van der Waals surface area contributed by atoms with E-state index in [0.29, 0.717) is 31.5 Å². The molecule has 0 spiro atoms. The van der Waals surface area contributed by atoms with Crippen molar-refractivity contribution in [2.45, 2.75) is 38.8 Å². The molecule has 32 heavy (non-hydrogen) atoms. The Hall–Kier alpha value is -3.39. The Balaban J connectivity index is 1.35. The lowest BCUT2D eigenvalue weighted by atomic mass is 10.0. The molecule has 2 aliphatic rings. The summed E-state index contributed by atoms with van der Waals surface area (Å²) in [5, 5.41) is 3.27. The molecule has 8 heteroatoms. The second kappa shape index (κ2) is 9.00. The zero-order valence-corrected chi connectivity index (χ0v) is 18.3. The maximum absolute atomic E-state index is 6.01. The van der Waals surface area contributed by atoms with E-state index in [-0.39, 0.29) is 12.0 Å². The first-order valence-electron chi connectivity index (χ1n) is 11.1. The van der Waals surface area contributed by atoms with Crippen molar-refractivity contribution in [3.05, 3.63) is 59.4 Å². The first kappa shape index (κ1) is 20.5. The van der Waals surface area contributed by atoms with Crippen LogP contribution in [-0.4, -0.2) is 39.6 Å². The summed E-state index contributed by atoms with van der Waals surface area (Å²) in [6.45, 7) is 5.00. The molecular formula is C24H28N6O2. The van der Waals surface area contributed by atoms with Gasteiger partial charge in [0.1, 0.15) is 5.82 Å². The maximum atomic E-state index is 6.01.